The zero-order chi connectivity index (χ0) is 13.0. The zero-order valence-corrected chi connectivity index (χ0v) is 11.1. The molecule has 0 radical (unpaired) electrons. The minimum Gasteiger partial charge on any atom is -0.491 e. The molecule has 1 atom stereocenters. The average molecular weight is 252 g/mol. The standard InChI is InChI=1S/C14H21FN2O/c1-3-18-14-5-4-12(10-13(14)15)17-8-6-11(2)16-7-9-17/h4-5,10-11,16H,3,6-9H2,1-2H3. The highest BCUT2D eigenvalue weighted by molar-refractivity contribution is 5.50. The van der Waals surface area contributed by atoms with E-state index in [0.717, 1.165) is 31.7 Å². The summed E-state index contributed by atoms with van der Waals surface area (Å²) in [6.07, 6.45) is 1.08. The largest absolute Gasteiger partial charge is 0.491 e. The van der Waals surface area contributed by atoms with Gasteiger partial charge in [-0.15, -0.1) is 0 Å². The summed E-state index contributed by atoms with van der Waals surface area (Å²) in [7, 11) is 0. The normalized spacial score (nSPS) is 20.6. The van der Waals surface area contributed by atoms with Crippen LogP contribution in [0.2, 0.25) is 0 Å². The van der Waals surface area contributed by atoms with E-state index in [1.54, 1.807) is 12.1 Å². The van der Waals surface area contributed by atoms with E-state index in [2.05, 4.69) is 17.1 Å². The van der Waals surface area contributed by atoms with Crippen molar-refractivity contribution >= 4 is 5.69 Å². The van der Waals surface area contributed by atoms with Gasteiger partial charge in [0.1, 0.15) is 0 Å². The molecule has 1 N–H and O–H groups in total. The SMILES string of the molecule is CCOc1ccc(N2CCNC(C)CC2)cc1F. The number of ether oxygens (including phenoxy) is 1. The molecule has 1 saturated heterocycles. The molecule has 1 aliphatic rings. The number of benzene rings is 1. The quantitative estimate of drug-likeness (QED) is 0.894. The summed E-state index contributed by atoms with van der Waals surface area (Å²) < 4.78 is 19.0. The Morgan fingerprint density at radius 2 is 2.28 bits per heavy atom. The molecule has 0 aliphatic carbocycles. The number of halogens is 1. The van der Waals surface area contributed by atoms with Gasteiger partial charge in [-0.3, -0.25) is 0 Å². The minimum absolute atomic E-state index is 0.278. The Kier molecular flexibility index (Phi) is 4.42. The maximum atomic E-state index is 13.8. The van der Waals surface area contributed by atoms with Gasteiger partial charge in [-0.1, -0.05) is 0 Å². The Hall–Kier alpha value is -1.29. The van der Waals surface area contributed by atoms with Crippen LogP contribution in [0.4, 0.5) is 10.1 Å². The van der Waals surface area contributed by atoms with Crippen molar-refractivity contribution < 1.29 is 9.13 Å². The molecule has 0 amide bonds. The van der Waals surface area contributed by atoms with E-state index in [9.17, 15) is 4.39 Å². The lowest BCUT2D eigenvalue weighted by molar-refractivity contribution is 0.321. The van der Waals surface area contributed by atoms with Crippen molar-refractivity contribution in [3.8, 4) is 5.75 Å². The Bertz CT molecular complexity index is 397. The van der Waals surface area contributed by atoms with Crippen molar-refractivity contribution in [3.05, 3.63) is 24.0 Å². The van der Waals surface area contributed by atoms with Gasteiger partial charge in [-0.25, -0.2) is 4.39 Å². The van der Waals surface area contributed by atoms with Crippen LogP contribution in [0, 0.1) is 5.82 Å². The third-order valence-corrected chi connectivity index (χ3v) is 3.29. The summed E-state index contributed by atoms with van der Waals surface area (Å²) in [5.41, 5.74) is 0.937. The van der Waals surface area contributed by atoms with Gasteiger partial charge < -0.3 is 15.0 Å². The van der Waals surface area contributed by atoms with E-state index in [1.807, 2.05) is 13.0 Å². The fourth-order valence-corrected chi connectivity index (χ4v) is 2.23. The molecule has 0 spiro atoms. The zero-order valence-electron chi connectivity index (χ0n) is 11.1. The van der Waals surface area contributed by atoms with Gasteiger partial charge in [-0.2, -0.15) is 0 Å². The number of nitrogens with one attached hydrogen (secondary N) is 1. The van der Waals surface area contributed by atoms with Crippen molar-refractivity contribution in [3.63, 3.8) is 0 Å². The van der Waals surface area contributed by atoms with Crippen LogP contribution in [0.15, 0.2) is 18.2 Å². The molecular weight excluding hydrogens is 231 g/mol. The molecule has 1 unspecified atom stereocenters. The number of hydrogen-bond donors (Lipinski definition) is 1. The van der Waals surface area contributed by atoms with Crippen molar-refractivity contribution in [2.75, 3.05) is 31.1 Å². The summed E-state index contributed by atoms with van der Waals surface area (Å²) in [6, 6.07) is 5.75. The minimum atomic E-state index is -0.278. The summed E-state index contributed by atoms with van der Waals surface area (Å²) >= 11 is 0. The van der Waals surface area contributed by atoms with E-state index in [1.165, 1.54) is 0 Å². The van der Waals surface area contributed by atoms with Crippen molar-refractivity contribution in [1.82, 2.24) is 5.32 Å². The lowest BCUT2D eigenvalue weighted by atomic mass is 10.2. The molecule has 18 heavy (non-hydrogen) atoms. The van der Waals surface area contributed by atoms with Crippen LogP contribution in [0.1, 0.15) is 20.3 Å². The molecule has 4 heteroatoms. The lowest BCUT2D eigenvalue weighted by Gasteiger charge is -2.22. The first-order valence-corrected chi connectivity index (χ1v) is 6.61. The average Bonchev–Trinajstić information content (AvgIpc) is 2.57. The van der Waals surface area contributed by atoms with Crippen molar-refractivity contribution in [2.24, 2.45) is 0 Å². The molecule has 1 aromatic carbocycles. The Morgan fingerprint density at radius 3 is 3.00 bits per heavy atom. The molecule has 0 bridgehead atoms. The maximum absolute atomic E-state index is 13.8. The predicted octanol–water partition coefficient (Wildman–Crippen LogP) is 2.41. The fourth-order valence-electron chi connectivity index (χ4n) is 2.23. The highest BCUT2D eigenvalue weighted by Crippen LogP contribution is 2.24. The molecule has 1 aromatic rings. The van der Waals surface area contributed by atoms with Crippen LogP contribution in [0.5, 0.6) is 5.75 Å². The summed E-state index contributed by atoms with van der Waals surface area (Å²) in [4.78, 5) is 2.22. The van der Waals surface area contributed by atoms with E-state index in [-0.39, 0.29) is 5.82 Å². The van der Waals surface area contributed by atoms with Gasteiger partial charge in [0, 0.05) is 37.4 Å². The number of anilines is 1. The van der Waals surface area contributed by atoms with E-state index < -0.39 is 0 Å². The molecule has 1 aliphatic heterocycles. The van der Waals surface area contributed by atoms with Crippen LogP contribution in [-0.2, 0) is 0 Å². The molecule has 1 heterocycles. The van der Waals surface area contributed by atoms with Crippen LogP contribution >= 0.6 is 0 Å². The Labute approximate surface area is 108 Å². The summed E-state index contributed by atoms with van der Waals surface area (Å²) in [6.45, 7) is 7.34. The first-order valence-electron chi connectivity index (χ1n) is 6.61. The van der Waals surface area contributed by atoms with E-state index >= 15 is 0 Å². The maximum Gasteiger partial charge on any atom is 0.167 e. The molecule has 3 nitrogen and oxygen atoms in total. The van der Waals surface area contributed by atoms with Gasteiger partial charge in [0.05, 0.1) is 6.61 Å². The van der Waals surface area contributed by atoms with E-state index in [0.29, 0.717) is 18.4 Å². The predicted molar refractivity (Wildman–Crippen MR) is 71.9 cm³/mol. The number of hydrogen-bond acceptors (Lipinski definition) is 3. The van der Waals surface area contributed by atoms with Gasteiger partial charge in [0.2, 0.25) is 0 Å². The van der Waals surface area contributed by atoms with Crippen molar-refractivity contribution in [2.45, 2.75) is 26.3 Å². The van der Waals surface area contributed by atoms with Gasteiger partial charge in [-0.05, 0) is 32.4 Å². The van der Waals surface area contributed by atoms with E-state index in [4.69, 9.17) is 4.74 Å². The van der Waals surface area contributed by atoms with Crippen LogP contribution in [-0.4, -0.2) is 32.3 Å². The molecule has 1 fully saturated rings. The molecule has 100 valence electrons. The van der Waals surface area contributed by atoms with Crippen LogP contribution in [0.25, 0.3) is 0 Å². The summed E-state index contributed by atoms with van der Waals surface area (Å²) in [5, 5.41) is 3.43. The van der Waals surface area contributed by atoms with Crippen LogP contribution < -0.4 is 15.0 Å². The van der Waals surface area contributed by atoms with Crippen molar-refractivity contribution in [1.29, 1.82) is 0 Å². The second-order valence-corrected chi connectivity index (χ2v) is 4.68. The smallest absolute Gasteiger partial charge is 0.167 e. The van der Waals surface area contributed by atoms with Crippen LogP contribution in [0.3, 0.4) is 0 Å². The second kappa shape index (κ2) is 6.05. The summed E-state index contributed by atoms with van der Waals surface area (Å²) in [5.74, 6) is 0.0576. The van der Waals surface area contributed by atoms with Gasteiger partial charge >= 0.3 is 0 Å². The molecular formula is C14H21FN2O. The first kappa shape index (κ1) is 13.1. The highest BCUT2D eigenvalue weighted by Gasteiger charge is 2.15. The van der Waals surface area contributed by atoms with Gasteiger partial charge in [0.25, 0.3) is 0 Å². The lowest BCUT2D eigenvalue weighted by Crippen LogP contribution is -2.29. The number of rotatable bonds is 3. The molecule has 0 saturated carbocycles. The third kappa shape index (κ3) is 3.13. The molecule has 2 rings (SSSR count). The number of nitrogens with zero attached hydrogens (tertiary/aromatic N) is 1. The highest BCUT2D eigenvalue weighted by atomic mass is 19.1. The molecule has 0 aromatic heterocycles. The topological polar surface area (TPSA) is 24.5 Å². The fraction of sp³-hybridized carbons (Fsp3) is 0.571. The monoisotopic (exact) mass is 252 g/mol. The third-order valence-electron chi connectivity index (χ3n) is 3.29. The Balaban J connectivity index is 2.10. The first-order chi connectivity index (χ1) is 8.70. The van der Waals surface area contributed by atoms with Gasteiger partial charge in [0.15, 0.2) is 11.6 Å². The Morgan fingerprint density at radius 1 is 1.44 bits per heavy atom. The second-order valence-electron chi connectivity index (χ2n) is 4.68.